The fourth-order valence-electron chi connectivity index (χ4n) is 2.65. The van der Waals surface area contributed by atoms with Gasteiger partial charge in [0.1, 0.15) is 17.3 Å². The molecule has 28 heavy (non-hydrogen) atoms. The van der Waals surface area contributed by atoms with Crippen LogP contribution >= 0.6 is 0 Å². The highest BCUT2D eigenvalue weighted by atomic mass is 19.1. The monoisotopic (exact) mass is 381 g/mol. The van der Waals surface area contributed by atoms with Gasteiger partial charge >= 0.3 is 0 Å². The Hall–Kier alpha value is -3.28. The predicted octanol–water partition coefficient (Wildman–Crippen LogP) is 5.65. The molecule has 0 radical (unpaired) electrons. The molecule has 3 aromatic rings. The van der Waals surface area contributed by atoms with Crippen molar-refractivity contribution in [3.05, 3.63) is 83.7 Å². The van der Waals surface area contributed by atoms with E-state index in [0.717, 1.165) is 17.7 Å². The molecule has 0 unspecified atom stereocenters. The molecule has 3 rings (SSSR count). The van der Waals surface area contributed by atoms with Gasteiger partial charge in [-0.25, -0.2) is 8.78 Å². The van der Waals surface area contributed by atoms with Gasteiger partial charge in [0.25, 0.3) is 5.91 Å². The smallest absolute Gasteiger partial charge is 0.257 e. The molecular formula is C22H21F2N3O. The molecule has 0 aliphatic rings. The third-order valence-corrected chi connectivity index (χ3v) is 4.24. The zero-order valence-corrected chi connectivity index (χ0v) is 15.9. The van der Waals surface area contributed by atoms with Gasteiger partial charge in [-0.1, -0.05) is 39.0 Å². The predicted molar refractivity (Wildman–Crippen MR) is 107 cm³/mol. The zero-order chi connectivity index (χ0) is 20.3. The summed E-state index contributed by atoms with van der Waals surface area (Å²) in [6, 6.07) is 12.7. The molecule has 1 aromatic heterocycles. The van der Waals surface area contributed by atoms with E-state index in [1.54, 1.807) is 0 Å². The Kier molecular flexibility index (Phi) is 5.40. The number of hydrogen-bond donors (Lipinski definition) is 2. The van der Waals surface area contributed by atoms with Crippen LogP contribution < -0.4 is 10.6 Å². The zero-order valence-electron chi connectivity index (χ0n) is 15.9. The number of benzene rings is 2. The summed E-state index contributed by atoms with van der Waals surface area (Å²) < 4.78 is 27.6. The standard InChI is InChI=1S/C22H21F2N3O/c1-22(2,3)15-7-9-16(10-8-15)27-21(28)14-11-17(13-25-12-14)26-20-18(23)5-4-6-19(20)24/h4-13,26H,1-3H3,(H,27,28). The SMILES string of the molecule is CC(C)(C)c1ccc(NC(=O)c2cncc(Nc3c(F)cccc3F)c2)cc1. The quantitative estimate of drug-likeness (QED) is 0.614. The summed E-state index contributed by atoms with van der Waals surface area (Å²) in [5.41, 5.74) is 2.11. The first-order valence-corrected chi connectivity index (χ1v) is 8.82. The van der Waals surface area contributed by atoms with E-state index in [2.05, 4.69) is 36.4 Å². The number of pyridine rings is 1. The molecule has 0 aliphatic carbocycles. The number of halogens is 2. The van der Waals surface area contributed by atoms with E-state index in [1.807, 2.05) is 24.3 Å². The number of rotatable bonds is 4. The number of anilines is 3. The van der Waals surface area contributed by atoms with Crippen LogP contribution in [0.2, 0.25) is 0 Å². The van der Waals surface area contributed by atoms with Crippen molar-refractivity contribution in [1.29, 1.82) is 0 Å². The van der Waals surface area contributed by atoms with E-state index in [9.17, 15) is 13.6 Å². The van der Waals surface area contributed by atoms with Crippen molar-refractivity contribution >= 4 is 23.0 Å². The summed E-state index contributed by atoms with van der Waals surface area (Å²) in [7, 11) is 0. The minimum atomic E-state index is -0.728. The van der Waals surface area contributed by atoms with Gasteiger partial charge in [0.2, 0.25) is 0 Å². The summed E-state index contributed by atoms with van der Waals surface area (Å²) in [6.45, 7) is 6.34. The van der Waals surface area contributed by atoms with E-state index < -0.39 is 11.6 Å². The molecule has 0 saturated heterocycles. The van der Waals surface area contributed by atoms with Crippen LogP contribution in [0.3, 0.4) is 0 Å². The third-order valence-electron chi connectivity index (χ3n) is 4.24. The molecule has 0 bridgehead atoms. The Balaban J connectivity index is 1.75. The van der Waals surface area contributed by atoms with E-state index >= 15 is 0 Å². The van der Waals surface area contributed by atoms with Gasteiger partial charge in [-0.2, -0.15) is 0 Å². The van der Waals surface area contributed by atoms with Gasteiger partial charge in [0.15, 0.2) is 0 Å². The highest BCUT2D eigenvalue weighted by Gasteiger charge is 2.14. The lowest BCUT2D eigenvalue weighted by molar-refractivity contribution is 0.102. The first-order valence-electron chi connectivity index (χ1n) is 8.82. The number of hydrogen-bond acceptors (Lipinski definition) is 3. The van der Waals surface area contributed by atoms with Gasteiger partial charge in [0.05, 0.1) is 17.4 Å². The molecule has 4 nitrogen and oxygen atoms in total. The fraction of sp³-hybridized carbons (Fsp3) is 0.182. The lowest BCUT2D eigenvalue weighted by Crippen LogP contribution is -2.14. The molecule has 0 saturated carbocycles. The van der Waals surface area contributed by atoms with Crippen molar-refractivity contribution < 1.29 is 13.6 Å². The van der Waals surface area contributed by atoms with Gasteiger partial charge in [-0.3, -0.25) is 9.78 Å². The van der Waals surface area contributed by atoms with Crippen LogP contribution in [0.4, 0.5) is 25.8 Å². The van der Waals surface area contributed by atoms with Crippen LogP contribution in [-0.2, 0) is 5.41 Å². The van der Waals surface area contributed by atoms with Crippen LogP contribution in [0.1, 0.15) is 36.7 Å². The van der Waals surface area contributed by atoms with Crippen molar-refractivity contribution in [3.63, 3.8) is 0 Å². The Morgan fingerprint density at radius 1 is 0.929 bits per heavy atom. The average Bonchev–Trinajstić information content (AvgIpc) is 2.65. The fourth-order valence-corrected chi connectivity index (χ4v) is 2.65. The van der Waals surface area contributed by atoms with Gasteiger partial charge < -0.3 is 10.6 Å². The Morgan fingerprint density at radius 2 is 1.57 bits per heavy atom. The molecule has 2 N–H and O–H groups in total. The molecule has 0 aliphatic heterocycles. The topological polar surface area (TPSA) is 54.0 Å². The van der Waals surface area contributed by atoms with Crippen molar-refractivity contribution in [2.24, 2.45) is 0 Å². The van der Waals surface area contributed by atoms with Gasteiger partial charge in [-0.15, -0.1) is 0 Å². The van der Waals surface area contributed by atoms with Crippen LogP contribution in [0.25, 0.3) is 0 Å². The van der Waals surface area contributed by atoms with E-state index in [1.165, 1.54) is 24.5 Å². The largest absolute Gasteiger partial charge is 0.349 e. The highest BCUT2D eigenvalue weighted by Crippen LogP contribution is 2.25. The number of nitrogens with zero attached hydrogens (tertiary/aromatic N) is 1. The first kappa shape index (κ1) is 19.5. The maximum absolute atomic E-state index is 13.8. The van der Waals surface area contributed by atoms with Crippen LogP contribution in [-0.4, -0.2) is 10.9 Å². The molecule has 0 fully saturated rings. The Morgan fingerprint density at radius 3 is 2.18 bits per heavy atom. The van der Waals surface area contributed by atoms with Crippen molar-refractivity contribution in [2.75, 3.05) is 10.6 Å². The number of para-hydroxylation sites is 1. The lowest BCUT2D eigenvalue weighted by Gasteiger charge is -2.19. The summed E-state index contributed by atoms with van der Waals surface area (Å²) in [4.78, 5) is 16.5. The normalized spacial score (nSPS) is 11.2. The second-order valence-corrected chi connectivity index (χ2v) is 7.47. The van der Waals surface area contributed by atoms with Crippen molar-refractivity contribution in [3.8, 4) is 0 Å². The molecule has 0 atom stereocenters. The number of carbonyl (C=O) groups excluding carboxylic acids is 1. The van der Waals surface area contributed by atoms with Crippen molar-refractivity contribution in [2.45, 2.75) is 26.2 Å². The van der Waals surface area contributed by atoms with E-state index in [0.29, 0.717) is 11.4 Å². The summed E-state index contributed by atoms with van der Waals surface area (Å²) in [6.07, 6.45) is 2.78. The van der Waals surface area contributed by atoms with Gasteiger partial charge in [0, 0.05) is 11.9 Å². The molecule has 0 spiro atoms. The summed E-state index contributed by atoms with van der Waals surface area (Å²) in [5.74, 6) is -1.82. The molecule has 2 aromatic carbocycles. The number of carbonyl (C=O) groups is 1. The maximum Gasteiger partial charge on any atom is 0.257 e. The van der Waals surface area contributed by atoms with Crippen molar-refractivity contribution in [1.82, 2.24) is 4.98 Å². The minimum absolute atomic E-state index is 0.0223. The van der Waals surface area contributed by atoms with Crippen LogP contribution in [0.15, 0.2) is 60.9 Å². The number of aromatic nitrogens is 1. The third kappa shape index (κ3) is 4.52. The second-order valence-electron chi connectivity index (χ2n) is 7.47. The molecule has 1 heterocycles. The van der Waals surface area contributed by atoms with E-state index in [-0.39, 0.29) is 22.6 Å². The van der Waals surface area contributed by atoms with Crippen LogP contribution in [0.5, 0.6) is 0 Å². The minimum Gasteiger partial charge on any atom is -0.349 e. The lowest BCUT2D eigenvalue weighted by atomic mass is 9.87. The maximum atomic E-state index is 13.8. The molecule has 6 heteroatoms. The summed E-state index contributed by atoms with van der Waals surface area (Å²) in [5, 5.41) is 5.43. The summed E-state index contributed by atoms with van der Waals surface area (Å²) >= 11 is 0. The molecular weight excluding hydrogens is 360 g/mol. The van der Waals surface area contributed by atoms with Crippen LogP contribution in [0, 0.1) is 11.6 Å². The molecule has 1 amide bonds. The first-order chi connectivity index (χ1) is 13.2. The Bertz CT molecular complexity index is 975. The second kappa shape index (κ2) is 7.76. The number of amides is 1. The van der Waals surface area contributed by atoms with Gasteiger partial charge in [-0.05, 0) is 41.3 Å². The van der Waals surface area contributed by atoms with E-state index in [4.69, 9.17) is 0 Å². The highest BCUT2D eigenvalue weighted by molar-refractivity contribution is 6.04. The number of nitrogens with one attached hydrogen (secondary N) is 2. The average molecular weight is 381 g/mol. The Labute approximate surface area is 162 Å². The molecule has 144 valence electrons.